The third-order valence-electron chi connectivity index (χ3n) is 3.50. The second-order valence-electron chi connectivity index (χ2n) is 4.70. The first kappa shape index (κ1) is 11.7. The highest BCUT2D eigenvalue weighted by molar-refractivity contribution is 5.70. The maximum Gasteiger partial charge on any atom is 0.419 e. The van der Waals surface area contributed by atoms with Crippen molar-refractivity contribution >= 4 is 6.09 Å². The normalized spacial score (nSPS) is 35.2. The lowest BCUT2D eigenvalue weighted by atomic mass is 9.94. The Kier molecular flexibility index (Phi) is 3.05. The molecule has 0 N–H and O–H groups in total. The van der Waals surface area contributed by atoms with Gasteiger partial charge in [-0.15, -0.1) is 0 Å². The second-order valence-corrected chi connectivity index (χ2v) is 4.70. The van der Waals surface area contributed by atoms with E-state index in [-0.39, 0.29) is 24.4 Å². The lowest BCUT2D eigenvalue weighted by Crippen LogP contribution is -2.35. The van der Waals surface area contributed by atoms with Crippen LogP contribution in [0.3, 0.4) is 0 Å². The first-order chi connectivity index (χ1) is 8.75. The summed E-state index contributed by atoms with van der Waals surface area (Å²) in [6.07, 6.45) is 5.47. The average molecular weight is 252 g/mol. The monoisotopic (exact) mass is 252 g/mol. The van der Waals surface area contributed by atoms with Crippen LogP contribution in [0.1, 0.15) is 19.8 Å². The van der Waals surface area contributed by atoms with Crippen LogP contribution in [0.25, 0.3) is 0 Å². The van der Waals surface area contributed by atoms with E-state index in [0.29, 0.717) is 0 Å². The summed E-state index contributed by atoms with van der Waals surface area (Å²) in [5.74, 6) is 0.140. The Hall–Kier alpha value is -1.40. The summed E-state index contributed by atoms with van der Waals surface area (Å²) in [6, 6.07) is 0. The SMILES string of the molecule is C[C@@H]1O[C@@H]2OCCC[C@@H]2[C@@H]1OC(=O)n1ccnc1. The number of aromatic nitrogens is 2. The van der Waals surface area contributed by atoms with E-state index in [4.69, 9.17) is 14.2 Å². The summed E-state index contributed by atoms with van der Waals surface area (Å²) in [5, 5.41) is 0. The molecule has 2 aliphatic rings. The van der Waals surface area contributed by atoms with Crippen molar-refractivity contribution in [3.63, 3.8) is 0 Å². The Balaban J connectivity index is 1.70. The molecule has 6 heteroatoms. The van der Waals surface area contributed by atoms with E-state index in [2.05, 4.69) is 4.98 Å². The third-order valence-corrected chi connectivity index (χ3v) is 3.50. The molecular weight excluding hydrogens is 236 g/mol. The molecule has 0 aliphatic carbocycles. The number of ether oxygens (including phenoxy) is 3. The quantitative estimate of drug-likeness (QED) is 0.756. The molecule has 1 aromatic heterocycles. The molecular formula is C12H16N2O4. The summed E-state index contributed by atoms with van der Waals surface area (Å²) in [7, 11) is 0. The van der Waals surface area contributed by atoms with E-state index < -0.39 is 6.09 Å². The van der Waals surface area contributed by atoms with Crippen LogP contribution < -0.4 is 0 Å². The molecule has 0 bridgehead atoms. The van der Waals surface area contributed by atoms with Crippen LogP contribution in [0.4, 0.5) is 4.79 Å². The Morgan fingerprint density at radius 1 is 1.56 bits per heavy atom. The van der Waals surface area contributed by atoms with E-state index in [1.165, 1.54) is 10.9 Å². The third kappa shape index (κ3) is 2.02. The Morgan fingerprint density at radius 3 is 3.22 bits per heavy atom. The fourth-order valence-corrected chi connectivity index (χ4v) is 2.60. The van der Waals surface area contributed by atoms with Gasteiger partial charge in [-0.3, -0.25) is 0 Å². The Bertz CT molecular complexity index is 420. The maximum absolute atomic E-state index is 11.9. The fourth-order valence-electron chi connectivity index (χ4n) is 2.60. The maximum atomic E-state index is 11.9. The topological polar surface area (TPSA) is 62.6 Å². The molecule has 0 amide bonds. The van der Waals surface area contributed by atoms with Gasteiger partial charge in [0.1, 0.15) is 12.4 Å². The van der Waals surface area contributed by atoms with Gasteiger partial charge in [-0.2, -0.15) is 0 Å². The first-order valence-electron chi connectivity index (χ1n) is 6.22. The molecule has 2 aliphatic heterocycles. The number of hydrogen-bond donors (Lipinski definition) is 0. The fraction of sp³-hybridized carbons (Fsp3) is 0.667. The summed E-state index contributed by atoms with van der Waals surface area (Å²) in [6.45, 7) is 2.63. The predicted octanol–water partition coefficient (Wildman–Crippen LogP) is 1.41. The van der Waals surface area contributed by atoms with Gasteiger partial charge in [-0.1, -0.05) is 0 Å². The van der Waals surface area contributed by atoms with Gasteiger partial charge in [-0.05, 0) is 19.8 Å². The van der Waals surface area contributed by atoms with E-state index in [9.17, 15) is 4.79 Å². The molecule has 18 heavy (non-hydrogen) atoms. The molecule has 2 saturated heterocycles. The Labute approximate surface area is 105 Å². The summed E-state index contributed by atoms with van der Waals surface area (Å²) in [5.41, 5.74) is 0. The molecule has 6 nitrogen and oxygen atoms in total. The number of rotatable bonds is 1. The highest BCUT2D eigenvalue weighted by atomic mass is 16.7. The van der Waals surface area contributed by atoms with Gasteiger partial charge in [0.2, 0.25) is 0 Å². The van der Waals surface area contributed by atoms with Crippen LogP contribution in [-0.2, 0) is 14.2 Å². The highest BCUT2D eigenvalue weighted by Gasteiger charge is 2.46. The number of carbonyl (C=O) groups excluding carboxylic acids is 1. The second kappa shape index (κ2) is 4.70. The van der Waals surface area contributed by atoms with Gasteiger partial charge >= 0.3 is 6.09 Å². The number of hydrogen-bond acceptors (Lipinski definition) is 5. The molecule has 2 fully saturated rings. The minimum Gasteiger partial charge on any atom is -0.442 e. The lowest BCUT2D eigenvalue weighted by Gasteiger charge is -2.27. The summed E-state index contributed by atoms with van der Waals surface area (Å²) in [4.78, 5) is 15.7. The van der Waals surface area contributed by atoms with Crippen LogP contribution in [0.2, 0.25) is 0 Å². The van der Waals surface area contributed by atoms with Crippen molar-refractivity contribution in [3.8, 4) is 0 Å². The molecule has 98 valence electrons. The van der Waals surface area contributed by atoms with Crippen LogP contribution in [-0.4, -0.2) is 40.7 Å². The van der Waals surface area contributed by atoms with Crippen LogP contribution in [0.5, 0.6) is 0 Å². The molecule has 4 atom stereocenters. The van der Waals surface area contributed by atoms with Crippen molar-refractivity contribution < 1.29 is 19.0 Å². The average Bonchev–Trinajstić information content (AvgIpc) is 2.98. The zero-order chi connectivity index (χ0) is 12.5. The van der Waals surface area contributed by atoms with Crippen LogP contribution >= 0.6 is 0 Å². The van der Waals surface area contributed by atoms with Gasteiger partial charge in [-0.25, -0.2) is 14.3 Å². The zero-order valence-corrected chi connectivity index (χ0v) is 10.2. The molecule has 1 aromatic rings. The van der Waals surface area contributed by atoms with Crippen LogP contribution in [0.15, 0.2) is 18.7 Å². The van der Waals surface area contributed by atoms with Crippen molar-refractivity contribution in [1.29, 1.82) is 0 Å². The standard InChI is InChI=1S/C12H16N2O4/c1-8-10(9-3-2-6-16-11(9)17-8)18-12(15)14-5-4-13-7-14/h4-5,7-11H,2-3,6H2,1H3/t8-,9+,10+,11-/m0/s1. The molecule has 0 spiro atoms. The van der Waals surface area contributed by atoms with Gasteiger partial charge < -0.3 is 14.2 Å². The van der Waals surface area contributed by atoms with Crippen molar-refractivity contribution in [2.24, 2.45) is 5.92 Å². The summed E-state index contributed by atoms with van der Waals surface area (Å²) < 4.78 is 18.1. The Morgan fingerprint density at radius 2 is 2.44 bits per heavy atom. The van der Waals surface area contributed by atoms with Crippen molar-refractivity contribution in [2.75, 3.05) is 6.61 Å². The number of imidazole rings is 1. The number of nitrogens with zero attached hydrogens (tertiary/aromatic N) is 2. The highest BCUT2D eigenvalue weighted by Crippen LogP contribution is 2.36. The minimum absolute atomic E-state index is 0.134. The smallest absolute Gasteiger partial charge is 0.419 e. The molecule has 3 heterocycles. The number of carbonyl (C=O) groups is 1. The largest absolute Gasteiger partial charge is 0.442 e. The number of fused-ring (bicyclic) bond motifs is 1. The van der Waals surface area contributed by atoms with Gasteiger partial charge in [0.05, 0.1) is 6.10 Å². The van der Waals surface area contributed by atoms with Crippen molar-refractivity contribution in [2.45, 2.75) is 38.3 Å². The first-order valence-corrected chi connectivity index (χ1v) is 6.22. The zero-order valence-electron chi connectivity index (χ0n) is 10.2. The van der Waals surface area contributed by atoms with Crippen molar-refractivity contribution in [3.05, 3.63) is 18.7 Å². The van der Waals surface area contributed by atoms with E-state index in [1.54, 1.807) is 12.4 Å². The molecule has 3 rings (SSSR count). The minimum atomic E-state index is -0.417. The van der Waals surface area contributed by atoms with Crippen molar-refractivity contribution in [1.82, 2.24) is 9.55 Å². The molecule has 0 unspecified atom stereocenters. The van der Waals surface area contributed by atoms with Gasteiger partial charge in [0, 0.05) is 24.9 Å². The van der Waals surface area contributed by atoms with E-state index >= 15 is 0 Å². The molecule has 0 aromatic carbocycles. The van der Waals surface area contributed by atoms with Gasteiger partial charge in [0.15, 0.2) is 6.29 Å². The predicted molar refractivity (Wildman–Crippen MR) is 60.9 cm³/mol. The molecule has 0 saturated carbocycles. The van der Waals surface area contributed by atoms with E-state index in [0.717, 1.165) is 19.4 Å². The lowest BCUT2D eigenvalue weighted by molar-refractivity contribution is -0.164. The van der Waals surface area contributed by atoms with Gasteiger partial charge in [0.25, 0.3) is 0 Å². The van der Waals surface area contributed by atoms with Crippen LogP contribution in [0, 0.1) is 5.92 Å². The summed E-state index contributed by atoms with van der Waals surface area (Å²) >= 11 is 0. The molecule has 0 radical (unpaired) electrons. The van der Waals surface area contributed by atoms with E-state index in [1.807, 2.05) is 6.92 Å².